The summed E-state index contributed by atoms with van der Waals surface area (Å²) in [5, 5.41) is 4.25. The Morgan fingerprint density at radius 2 is 1.94 bits per heavy atom. The monoisotopic (exact) mass is 263 g/mol. The summed E-state index contributed by atoms with van der Waals surface area (Å²) in [5.74, 6) is 0. The number of aromatic amines is 1. The quantitative estimate of drug-likeness (QED) is 0.890. The molecule has 2 aromatic rings. The number of hydrogen-bond acceptors (Lipinski definition) is 2. The molecule has 0 radical (unpaired) electrons. The highest BCUT2D eigenvalue weighted by atomic mass is 35.5. The molecule has 0 spiro atoms. The van der Waals surface area contributed by atoms with Gasteiger partial charge in [0.05, 0.1) is 17.3 Å². The number of hydrogen-bond donors (Lipinski definition) is 2. The van der Waals surface area contributed by atoms with Crippen LogP contribution in [-0.2, 0) is 6.54 Å². The molecule has 3 nitrogen and oxygen atoms in total. The van der Waals surface area contributed by atoms with Gasteiger partial charge in [0.2, 0.25) is 0 Å². The topological polar surface area (TPSA) is 31.1 Å². The van der Waals surface area contributed by atoms with E-state index < -0.39 is 0 Å². The number of nitrogens with one attached hydrogen (secondary N) is 2. The van der Waals surface area contributed by atoms with Crippen LogP contribution in [0.15, 0.2) is 24.3 Å². The maximum absolute atomic E-state index is 6.39. The van der Waals surface area contributed by atoms with Crippen molar-refractivity contribution in [2.45, 2.75) is 25.8 Å². The predicted molar refractivity (Wildman–Crippen MR) is 75.6 cm³/mol. The van der Waals surface area contributed by atoms with Gasteiger partial charge in [0.25, 0.3) is 0 Å². The zero-order valence-corrected chi connectivity index (χ0v) is 11.1. The van der Waals surface area contributed by atoms with E-state index in [9.17, 15) is 0 Å². The highest BCUT2D eigenvalue weighted by Crippen LogP contribution is 2.27. The third-order valence-electron chi connectivity index (χ3n) is 3.55. The summed E-state index contributed by atoms with van der Waals surface area (Å²) in [6.07, 6.45) is 3.92. The molecule has 2 heterocycles. The first-order valence-electron chi connectivity index (χ1n) is 6.58. The molecule has 1 aromatic heterocycles. The molecular weight excluding hydrogens is 246 g/mol. The van der Waals surface area contributed by atoms with E-state index in [1.807, 2.05) is 12.1 Å². The van der Waals surface area contributed by atoms with E-state index >= 15 is 0 Å². The number of H-pyrrole nitrogens is 1. The Morgan fingerprint density at radius 3 is 2.72 bits per heavy atom. The lowest BCUT2D eigenvalue weighted by molar-refractivity contribution is 0.150. The van der Waals surface area contributed by atoms with Crippen LogP contribution in [0.25, 0.3) is 10.9 Å². The van der Waals surface area contributed by atoms with Crippen molar-refractivity contribution in [2.75, 3.05) is 13.1 Å². The fourth-order valence-corrected chi connectivity index (χ4v) is 2.81. The van der Waals surface area contributed by atoms with E-state index in [-0.39, 0.29) is 0 Å². The Morgan fingerprint density at radius 1 is 1.17 bits per heavy atom. The molecule has 0 saturated carbocycles. The van der Waals surface area contributed by atoms with Crippen molar-refractivity contribution in [1.29, 1.82) is 0 Å². The highest BCUT2D eigenvalue weighted by Gasteiger charge is 2.12. The summed E-state index contributed by atoms with van der Waals surface area (Å²) in [7, 11) is 0. The maximum atomic E-state index is 6.39. The number of aromatic nitrogens is 1. The lowest BCUT2D eigenvalue weighted by Gasteiger charge is -2.26. The Kier molecular flexibility index (Phi) is 3.55. The number of halogens is 1. The van der Waals surface area contributed by atoms with Crippen molar-refractivity contribution in [2.24, 2.45) is 0 Å². The zero-order valence-electron chi connectivity index (χ0n) is 10.4. The molecule has 3 rings (SSSR count). The Bertz CT molecular complexity index is 529. The van der Waals surface area contributed by atoms with Crippen molar-refractivity contribution >= 4 is 22.5 Å². The summed E-state index contributed by atoms with van der Waals surface area (Å²) in [4.78, 5) is 3.38. The molecule has 1 aliphatic rings. The van der Waals surface area contributed by atoms with E-state index in [1.54, 1.807) is 0 Å². The Labute approximate surface area is 112 Å². The first-order valence-corrected chi connectivity index (χ1v) is 6.96. The van der Waals surface area contributed by atoms with Crippen molar-refractivity contribution in [1.82, 2.24) is 15.4 Å². The Balaban J connectivity index is 1.72. The lowest BCUT2D eigenvalue weighted by Crippen LogP contribution is -2.41. The van der Waals surface area contributed by atoms with Crippen molar-refractivity contribution < 1.29 is 0 Å². The summed E-state index contributed by atoms with van der Waals surface area (Å²) in [6, 6.07) is 8.16. The van der Waals surface area contributed by atoms with Crippen LogP contribution in [0.5, 0.6) is 0 Å². The smallest absolute Gasteiger partial charge is 0.0705 e. The zero-order chi connectivity index (χ0) is 12.4. The molecule has 0 aliphatic carbocycles. The van der Waals surface area contributed by atoms with Gasteiger partial charge in [-0.05, 0) is 18.9 Å². The summed E-state index contributed by atoms with van der Waals surface area (Å²) < 4.78 is 0. The van der Waals surface area contributed by atoms with Crippen molar-refractivity contribution in [3.63, 3.8) is 0 Å². The van der Waals surface area contributed by atoms with Crippen molar-refractivity contribution in [3.8, 4) is 0 Å². The van der Waals surface area contributed by atoms with E-state index in [4.69, 9.17) is 11.6 Å². The highest BCUT2D eigenvalue weighted by molar-refractivity contribution is 6.36. The molecule has 0 atom stereocenters. The van der Waals surface area contributed by atoms with Gasteiger partial charge in [-0.1, -0.05) is 36.2 Å². The molecular formula is C14H18ClN3. The van der Waals surface area contributed by atoms with Gasteiger partial charge in [0.1, 0.15) is 0 Å². The van der Waals surface area contributed by atoms with Gasteiger partial charge in [-0.3, -0.25) is 0 Å². The van der Waals surface area contributed by atoms with Crippen LogP contribution in [0.2, 0.25) is 5.02 Å². The van der Waals surface area contributed by atoms with Crippen molar-refractivity contribution in [3.05, 3.63) is 35.0 Å². The third-order valence-corrected chi connectivity index (χ3v) is 3.98. The SMILES string of the molecule is Clc1c(CNN2CCCCC2)[nH]c2ccccc12. The standard InChI is InChI=1S/C14H18ClN3/c15-14-11-6-2-3-7-12(11)17-13(14)10-16-18-8-4-1-5-9-18/h2-3,6-7,16-17H,1,4-5,8-10H2. The molecule has 0 bridgehead atoms. The molecule has 18 heavy (non-hydrogen) atoms. The van der Waals surface area contributed by atoms with Gasteiger partial charge in [0, 0.05) is 24.0 Å². The largest absolute Gasteiger partial charge is 0.356 e. The van der Waals surface area contributed by atoms with Crippen LogP contribution in [0.3, 0.4) is 0 Å². The van der Waals surface area contributed by atoms with Gasteiger partial charge >= 0.3 is 0 Å². The molecule has 1 fully saturated rings. The van der Waals surface area contributed by atoms with E-state index in [0.717, 1.165) is 41.3 Å². The number of nitrogens with zero attached hydrogens (tertiary/aromatic N) is 1. The molecule has 4 heteroatoms. The van der Waals surface area contributed by atoms with Gasteiger partial charge in [-0.15, -0.1) is 0 Å². The number of fused-ring (bicyclic) bond motifs is 1. The molecule has 0 unspecified atom stereocenters. The number of para-hydroxylation sites is 1. The van der Waals surface area contributed by atoms with E-state index in [0.29, 0.717) is 0 Å². The van der Waals surface area contributed by atoms with Gasteiger partial charge in [-0.2, -0.15) is 0 Å². The summed E-state index contributed by atoms with van der Waals surface area (Å²) in [5.41, 5.74) is 5.64. The van der Waals surface area contributed by atoms with Crippen LogP contribution in [0.4, 0.5) is 0 Å². The molecule has 1 aromatic carbocycles. The average Bonchev–Trinajstić information content (AvgIpc) is 2.75. The lowest BCUT2D eigenvalue weighted by atomic mass is 10.2. The second-order valence-electron chi connectivity index (χ2n) is 4.85. The van der Waals surface area contributed by atoms with Crippen LogP contribution >= 0.6 is 11.6 Å². The minimum Gasteiger partial charge on any atom is -0.356 e. The number of hydrazine groups is 1. The van der Waals surface area contributed by atoms with Crippen LogP contribution in [0, 0.1) is 0 Å². The normalized spacial score (nSPS) is 17.4. The third kappa shape index (κ3) is 2.39. The van der Waals surface area contributed by atoms with Crippen LogP contribution < -0.4 is 5.43 Å². The maximum Gasteiger partial charge on any atom is 0.0705 e. The second kappa shape index (κ2) is 5.31. The fourth-order valence-electron chi connectivity index (χ4n) is 2.53. The minimum absolute atomic E-state index is 0.771. The number of piperidine rings is 1. The number of benzene rings is 1. The van der Waals surface area contributed by atoms with Crippen LogP contribution in [0.1, 0.15) is 25.0 Å². The Hall–Kier alpha value is -1.03. The molecule has 1 saturated heterocycles. The molecule has 96 valence electrons. The number of rotatable bonds is 3. The van der Waals surface area contributed by atoms with Gasteiger partial charge < -0.3 is 4.98 Å². The second-order valence-corrected chi connectivity index (χ2v) is 5.22. The predicted octanol–water partition coefficient (Wildman–Crippen LogP) is 3.31. The summed E-state index contributed by atoms with van der Waals surface area (Å²) in [6.45, 7) is 3.04. The van der Waals surface area contributed by atoms with Crippen LogP contribution in [-0.4, -0.2) is 23.1 Å². The molecule has 0 amide bonds. The average molecular weight is 264 g/mol. The minimum atomic E-state index is 0.771. The van der Waals surface area contributed by atoms with Gasteiger partial charge in [0.15, 0.2) is 0 Å². The fraction of sp³-hybridized carbons (Fsp3) is 0.429. The summed E-state index contributed by atoms with van der Waals surface area (Å²) >= 11 is 6.39. The first kappa shape index (κ1) is 12.0. The van der Waals surface area contributed by atoms with Gasteiger partial charge in [-0.25, -0.2) is 10.4 Å². The first-order chi connectivity index (χ1) is 8.84. The molecule has 1 aliphatic heterocycles. The van der Waals surface area contributed by atoms with E-state index in [2.05, 4.69) is 27.6 Å². The molecule has 2 N–H and O–H groups in total. The van der Waals surface area contributed by atoms with E-state index in [1.165, 1.54) is 19.3 Å².